The standard InChI is InChI=1S/C18H14N2O5S/c21-17(6-4-12-3-5-13-14(10-12)23-8-7-22-13)24-11-16-19-18(25-20-16)15-2-1-9-26-15/h1-6,9-10H,7-8,11H2/b6-4+. The van der Waals surface area contributed by atoms with Crippen LogP contribution in [0.2, 0.25) is 0 Å². The number of esters is 1. The lowest BCUT2D eigenvalue weighted by molar-refractivity contribution is -0.139. The van der Waals surface area contributed by atoms with Crippen LogP contribution in [0.25, 0.3) is 16.8 Å². The van der Waals surface area contributed by atoms with Gasteiger partial charge < -0.3 is 18.7 Å². The van der Waals surface area contributed by atoms with E-state index in [1.807, 2.05) is 35.7 Å². The van der Waals surface area contributed by atoms with Crippen LogP contribution in [0.15, 0.2) is 46.3 Å². The van der Waals surface area contributed by atoms with E-state index in [0.29, 0.717) is 36.4 Å². The SMILES string of the molecule is O=C(/C=C/c1ccc2c(c1)OCCO2)OCc1noc(-c2cccs2)n1. The first-order chi connectivity index (χ1) is 12.8. The molecule has 0 fully saturated rings. The predicted octanol–water partition coefficient (Wildman–Crippen LogP) is 3.33. The maximum absolute atomic E-state index is 11.9. The van der Waals surface area contributed by atoms with Crippen molar-refractivity contribution >= 4 is 23.4 Å². The van der Waals surface area contributed by atoms with Gasteiger partial charge in [-0.3, -0.25) is 0 Å². The molecule has 0 amide bonds. The van der Waals surface area contributed by atoms with Crippen molar-refractivity contribution in [2.75, 3.05) is 13.2 Å². The Bertz CT molecular complexity index is 933. The lowest BCUT2D eigenvalue weighted by Gasteiger charge is -2.18. The molecular weight excluding hydrogens is 356 g/mol. The molecule has 4 rings (SSSR count). The molecule has 0 aliphatic carbocycles. The summed E-state index contributed by atoms with van der Waals surface area (Å²) in [5, 5.41) is 5.72. The molecule has 1 aromatic carbocycles. The minimum absolute atomic E-state index is 0.0564. The molecule has 132 valence electrons. The van der Waals surface area contributed by atoms with Crippen LogP contribution in [0, 0.1) is 0 Å². The van der Waals surface area contributed by atoms with Gasteiger partial charge in [0.05, 0.1) is 4.88 Å². The quantitative estimate of drug-likeness (QED) is 0.503. The number of fused-ring (bicyclic) bond motifs is 1. The van der Waals surface area contributed by atoms with E-state index in [4.69, 9.17) is 18.7 Å². The highest BCUT2D eigenvalue weighted by atomic mass is 32.1. The predicted molar refractivity (Wildman–Crippen MR) is 93.9 cm³/mol. The summed E-state index contributed by atoms with van der Waals surface area (Å²) in [6, 6.07) is 9.23. The van der Waals surface area contributed by atoms with Crippen molar-refractivity contribution in [1.82, 2.24) is 10.1 Å². The van der Waals surface area contributed by atoms with Crippen molar-refractivity contribution in [2.24, 2.45) is 0 Å². The monoisotopic (exact) mass is 370 g/mol. The Morgan fingerprint density at radius 2 is 2.12 bits per heavy atom. The van der Waals surface area contributed by atoms with Gasteiger partial charge in [0, 0.05) is 6.08 Å². The minimum Gasteiger partial charge on any atom is -0.486 e. The van der Waals surface area contributed by atoms with Gasteiger partial charge in [-0.25, -0.2) is 4.79 Å². The van der Waals surface area contributed by atoms with Crippen molar-refractivity contribution in [2.45, 2.75) is 6.61 Å². The summed E-state index contributed by atoms with van der Waals surface area (Å²) in [5.74, 6) is 1.60. The second-order valence-electron chi connectivity index (χ2n) is 5.34. The lowest BCUT2D eigenvalue weighted by Crippen LogP contribution is -2.15. The summed E-state index contributed by atoms with van der Waals surface area (Å²) in [6.07, 6.45) is 2.99. The topological polar surface area (TPSA) is 83.7 Å². The number of benzene rings is 1. The molecule has 0 saturated carbocycles. The van der Waals surface area contributed by atoms with Crippen LogP contribution in [0.3, 0.4) is 0 Å². The zero-order chi connectivity index (χ0) is 17.8. The molecule has 7 nitrogen and oxygen atoms in total. The van der Waals surface area contributed by atoms with Gasteiger partial charge >= 0.3 is 5.97 Å². The summed E-state index contributed by atoms with van der Waals surface area (Å²) in [6.45, 7) is 0.998. The number of carbonyl (C=O) groups is 1. The highest BCUT2D eigenvalue weighted by Crippen LogP contribution is 2.31. The number of hydrogen-bond donors (Lipinski definition) is 0. The Morgan fingerprint density at radius 3 is 2.96 bits per heavy atom. The number of rotatable bonds is 5. The van der Waals surface area contributed by atoms with E-state index in [0.717, 1.165) is 10.4 Å². The molecule has 0 unspecified atom stereocenters. The van der Waals surface area contributed by atoms with Gasteiger partial charge in [-0.15, -0.1) is 11.3 Å². The molecule has 2 aromatic heterocycles. The number of hydrogen-bond acceptors (Lipinski definition) is 8. The Kier molecular flexibility index (Phi) is 4.65. The molecule has 0 spiro atoms. The minimum atomic E-state index is -0.498. The van der Waals surface area contributed by atoms with E-state index in [-0.39, 0.29) is 6.61 Å². The fraction of sp³-hybridized carbons (Fsp3) is 0.167. The molecule has 0 bridgehead atoms. The molecule has 26 heavy (non-hydrogen) atoms. The van der Waals surface area contributed by atoms with Gasteiger partial charge in [-0.05, 0) is 35.2 Å². The van der Waals surface area contributed by atoms with E-state index in [2.05, 4.69) is 10.1 Å². The van der Waals surface area contributed by atoms with Crippen LogP contribution >= 0.6 is 11.3 Å². The highest BCUT2D eigenvalue weighted by Gasteiger charge is 2.12. The maximum atomic E-state index is 11.9. The van der Waals surface area contributed by atoms with Gasteiger partial charge in [0.1, 0.15) is 13.2 Å². The molecule has 3 heterocycles. The van der Waals surface area contributed by atoms with Gasteiger partial charge in [-0.1, -0.05) is 17.3 Å². The third-order valence-electron chi connectivity index (χ3n) is 3.52. The van der Waals surface area contributed by atoms with E-state index in [1.165, 1.54) is 17.4 Å². The van der Waals surface area contributed by atoms with E-state index in [1.54, 1.807) is 6.08 Å². The fourth-order valence-corrected chi connectivity index (χ4v) is 2.97. The van der Waals surface area contributed by atoms with Crippen LogP contribution in [0.1, 0.15) is 11.4 Å². The second kappa shape index (κ2) is 7.40. The van der Waals surface area contributed by atoms with E-state index in [9.17, 15) is 4.79 Å². The van der Waals surface area contributed by atoms with E-state index < -0.39 is 5.97 Å². The lowest BCUT2D eigenvalue weighted by atomic mass is 10.2. The first-order valence-corrected chi connectivity index (χ1v) is 8.77. The van der Waals surface area contributed by atoms with Crippen LogP contribution in [0.4, 0.5) is 0 Å². The van der Waals surface area contributed by atoms with Crippen molar-refractivity contribution in [3.8, 4) is 22.3 Å². The van der Waals surface area contributed by atoms with Crippen molar-refractivity contribution in [3.05, 3.63) is 53.2 Å². The molecule has 3 aromatic rings. The fourth-order valence-electron chi connectivity index (χ4n) is 2.32. The molecule has 0 saturated heterocycles. The highest BCUT2D eigenvalue weighted by molar-refractivity contribution is 7.13. The van der Waals surface area contributed by atoms with Gasteiger partial charge in [0.2, 0.25) is 5.82 Å². The average molecular weight is 370 g/mol. The smallest absolute Gasteiger partial charge is 0.331 e. The third-order valence-corrected chi connectivity index (χ3v) is 4.38. The Labute approximate surface area is 152 Å². The first kappa shape index (κ1) is 16.3. The molecule has 1 aliphatic rings. The summed E-state index contributed by atoms with van der Waals surface area (Å²) in [4.78, 5) is 16.9. The molecule has 0 atom stereocenters. The third kappa shape index (κ3) is 3.75. The number of thiophene rings is 1. The second-order valence-corrected chi connectivity index (χ2v) is 6.28. The largest absolute Gasteiger partial charge is 0.486 e. The van der Waals surface area contributed by atoms with Crippen molar-refractivity contribution in [1.29, 1.82) is 0 Å². The van der Waals surface area contributed by atoms with Crippen LogP contribution in [0.5, 0.6) is 11.5 Å². The zero-order valence-corrected chi connectivity index (χ0v) is 14.4. The molecule has 0 N–H and O–H groups in total. The van der Waals surface area contributed by atoms with Gasteiger partial charge in [0.25, 0.3) is 5.89 Å². The van der Waals surface area contributed by atoms with Crippen LogP contribution < -0.4 is 9.47 Å². The normalized spacial score (nSPS) is 13.1. The zero-order valence-electron chi connectivity index (χ0n) is 13.6. The summed E-state index contributed by atoms with van der Waals surface area (Å²) < 4.78 is 21.2. The van der Waals surface area contributed by atoms with Gasteiger partial charge in [-0.2, -0.15) is 4.98 Å². The Morgan fingerprint density at radius 1 is 1.23 bits per heavy atom. The molecular formula is C18H14N2O5S. The maximum Gasteiger partial charge on any atom is 0.331 e. The van der Waals surface area contributed by atoms with Crippen LogP contribution in [-0.4, -0.2) is 29.3 Å². The first-order valence-electron chi connectivity index (χ1n) is 7.89. The molecule has 1 aliphatic heterocycles. The summed E-state index contributed by atoms with van der Waals surface area (Å²) in [7, 11) is 0. The Hall–Kier alpha value is -3.13. The van der Waals surface area contributed by atoms with Crippen molar-refractivity contribution in [3.63, 3.8) is 0 Å². The van der Waals surface area contributed by atoms with Crippen LogP contribution in [-0.2, 0) is 16.1 Å². The number of ether oxygens (including phenoxy) is 3. The van der Waals surface area contributed by atoms with Crippen molar-refractivity contribution < 1.29 is 23.5 Å². The van der Waals surface area contributed by atoms with Gasteiger partial charge in [0.15, 0.2) is 18.1 Å². The number of carbonyl (C=O) groups excluding carboxylic acids is 1. The average Bonchev–Trinajstić information content (AvgIpc) is 3.36. The number of nitrogens with zero attached hydrogens (tertiary/aromatic N) is 2. The Balaban J connectivity index is 1.33. The summed E-state index contributed by atoms with van der Waals surface area (Å²) in [5.41, 5.74) is 0.811. The molecule has 0 radical (unpaired) electrons. The summed E-state index contributed by atoms with van der Waals surface area (Å²) >= 11 is 1.49. The molecule has 8 heteroatoms. The number of aromatic nitrogens is 2. The van der Waals surface area contributed by atoms with E-state index >= 15 is 0 Å².